The van der Waals surface area contributed by atoms with Gasteiger partial charge in [-0.05, 0) is 103 Å². The quantitative estimate of drug-likeness (QED) is 0.0199. The van der Waals surface area contributed by atoms with Crippen molar-refractivity contribution in [3.05, 3.63) is 122 Å². The van der Waals surface area contributed by atoms with Gasteiger partial charge in [-0.25, -0.2) is 0 Å². The zero-order chi connectivity index (χ0) is 48.6. The first-order chi connectivity index (χ1) is 33.0. The molecule has 1 unspecified atom stereocenters. The van der Waals surface area contributed by atoms with Crippen LogP contribution in [-0.2, 0) is 28.6 Å². The smallest absolute Gasteiger partial charge is 0.306 e. The average molecular weight is 927 g/mol. The van der Waals surface area contributed by atoms with Gasteiger partial charge in [-0.15, -0.1) is 0 Å². The molecule has 0 aromatic heterocycles. The Morgan fingerprint density at radius 2 is 0.672 bits per heavy atom. The number of rotatable bonds is 47. The van der Waals surface area contributed by atoms with Gasteiger partial charge in [0.2, 0.25) is 0 Å². The van der Waals surface area contributed by atoms with Gasteiger partial charge in [0.1, 0.15) is 13.2 Å². The molecule has 0 amide bonds. The van der Waals surface area contributed by atoms with Crippen molar-refractivity contribution in [2.24, 2.45) is 0 Å². The average Bonchev–Trinajstić information content (AvgIpc) is 3.33. The number of esters is 3. The molecule has 0 saturated carbocycles. The molecule has 0 aromatic rings. The van der Waals surface area contributed by atoms with Crippen molar-refractivity contribution in [1.29, 1.82) is 0 Å². The standard InChI is InChI=1S/C61H98O6/c1-4-7-10-13-16-19-22-25-28-30-31-34-36-39-42-45-48-51-54-60(63)66-57-58(56-65-59(62)53-50-47-44-41-38-35-32-27-24-21-18-15-12-9-6-3)67-61(64)55-52-49-46-43-40-37-33-29-26-23-20-17-14-11-8-5-2/h8,11,16-17,19-22,24-26,28-31,34,37,40,46,49,58H,4-7,9-10,12-15,18,23,27,32-33,35-36,38-39,41-45,47-48,50-57H2,1-3H3/b11-8-,19-16-,20-17-,24-21-,25-22-,29-26-,30-28-,34-31-,40-37-,49-46-. The number of hydrogen-bond donors (Lipinski definition) is 0. The molecule has 0 aliphatic rings. The number of ether oxygens (including phenoxy) is 3. The highest BCUT2D eigenvalue weighted by molar-refractivity contribution is 5.71. The summed E-state index contributed by atoms with van der Waals surface area (Å²) in [6, 6.07) is 0. The van der Waals surface area contributed by atoms with E-state index in [1.807, 2.05) is 12.2 Å². The van der Waals surface area contributed by atoms with E-state index < -0.39 is 12.1 Å². The predicted molar refractivity (Wildman–Crippen MR) is 288 cm³/mol. The number of carbonyl (C=O) groups excluding carboxylic acids is 3. The Morgan fingerprint density at radius 3 is 1.13 bits per heavy atom. The maximum absolute atomic E-state index is 12.8. The van der Waals surface area contributed by atoms with Crippen molar-refractivity contribution in [1.82, 2.24) is 0 Å². The van der Waals surface area contributed by atoms with Gasteiger partial charge < -0.3 is 14.2 Å². The Balaban J connectivity index is 4.57. The van der Waals surface area contributed by atoms with Crippen LogP contribution in [0.3, 0.4) is 0 Å². The molecule has 378 valence electrons. The summed E-state index contributed by atoms with van der Waals surface area (Å²) >= 11 is 0. The molecule has 0 aliphatic carbocycles. The molecule has 6 nitrogen and oxygen atoms in total. The van der Waals surface area contributed by atoms with E-state index in [9.17, 15) is 14.4 Å². The second-order valence-electron chi connectivity index (χ2n) is 17.5. The number of unbranched alkanes of at least 4 members (excludes halogenated alkanes) is 19. The fourth-order valence-corrected chi connectivity index (χ4v) is 6.97. The van der Waals surface area contributed by atoms with Gasteiger partial charge >= 0.3 is 17.9 Å². The third kappa shape index (κ3) is 52.6. The van der Waals surface area contributed by atoms with E-state index in [-0.39, 0.29) is 31.6 Å². The maximum Gasteiger partial charge on any atom is 0.306 e. The van der Waals surface area contributed by atoms with E-state index in [0.29, 0.717) is 19.3 Å². The van der Waals surface area contributed by atoms with E-state index in [1.165, 1.54) is 83.5 Å². The van der Waals surface area contributed by atoms with Crippen LogP contribution in [0.25, 0.3) is 0 Å². The SMILES string of the molecule is CC/C=C\C/C=C\C/C=C\C/C=C\C/C=C\CCC(=O)OC(COC(=O)CCCCCCC\C=C/C=C\C=C/C=C\CCCCC)COC(=O)CCCCCCCCC/C=C\CCCCCC. The second kappa shape index (κ2) is 54.4. The van der Waals surface area contributed by atoms with Crippen LogP contribution in [0.5, 0.6) is 0 Å². The minimum atomic E-state index is -0.833. The second-order valence-corrected chi connectivity index (χ2v) is 17.5. The summed E-state index contributed by atoms with van der Waals surface area (Å²) in [7, 11) is 0. The van der Waals surface area contributed by atoms with Crippen molar-refractivity contribution in [2.75, 3.05) is 13.2 Å². The lowest BCUT2D eigenvalue weighted by atomic mass is 10.1. The third-order valence-corrected chi connectivity index (χ3v) is 11.0. The molecule has 0 rings (SSSR count). The third-order valence-electron chi connectivity index (χ3n) is 11.0. The summed E-state index contributed by atoms with van der Waals surface area (Å²) in [6.45, 7) is 6.38. The van der Waals surface area contributed by atoms with E-state index in [1.54, 1.807) is 0 Å². The van der Waals surface area contributed by atoms with Crippen LogP contribution in [0.15, 0.2) is 122 Å². The van der Waals surface area contributed by atoms with Gasteiger partial charge in [0.05, 0.1) is 0 Å². The normalized spacial score (nSPS) is 13.1. The highest BCUT2D eigenvalue weighted by Gasteiger charge is 2.19. The van der Waals surface area contributed by atoms with Gasteiger partial charge in [0, 0.05) is 19.3 Å². The number of carbonyl (C=O) groups is 3. The lowest BCUT2D eigenvalue weighted by Crippen LogP contribution is -2.30. The zero-order valence-electron chi connectivity index (χ0n) is 43.1. The van der Waals surface area contributed by atoms with Crippen molar-refractivity contribution in [3.8, 4) is 0 Å². The number of hydrogen-bond acceptors (Lipinski definition) is 6. The first-order valence-corrected chi connectivity index (χ1v) is 27.1. The molecule has 0 aromatic carbocycles. The van der Waals surface area contributed by atoms with E-state index in [0.717, 1.165) is 96.3 Å². The van der Waals surface area contributed by atoms with Crippen molar-refractivity contribution >= 4 is 17.9 Å². The van der Waals surface area contributed by atoms with Crippen LogP contribution in [0.4, 0.5) is 0 Å². The Labute approximate surface area is 412 Å². The summed E-state index contributed by atoms with van der Waals surface area (Å²) in [4.78, 5) is 38.0. The molecule has 0 spiro atoms. The minimum Gasteiger partial charge on any atom is -0.462 e. The molecular formula is C61H98O6. The molecule has 0 saturated heterocycles. The van der Waals surface area contributed by atoms with Crippen molar-refractivity contribution in [3.63, 3.8) is 0 Å². The van der Waals surface area contributed by atoms with Crippen LogP contribution in [0.2, 0.25) is 0 Å². The predicted octanol–water partition coefficient (Wildman–Crippen LogP) is 18.1. The molecule has 0 radical (unpaired) electrons. The van der Waals surface area contributed by atoms with E-state index in [2.05, 4.69) is 130 Å². The van der Waals surface area contributed by atoms with Crippen LogP contribution in [0, 0.1) is 0 Å². The molecule has 0 aliphatic heterocycles. The lowest BCUT2D eigenvalue weighted by molar-refractivity contribution is -0.166. The Hall–Kier alpha value is -4.19. The van der Waals surface area contributed by atoms with Crippen LogP contribution in [-0.4, -0.2) is 37.2 Å². The Morgan fingerprint density at radius 1 is 0.328 bits per heavy atom. The first kappa shape index (κ1) is 62.8. The van der Waals surface area contributed by atoms with Gasteiger partial charge in [0.25, 0.3) is 0 Å². The van der Waals surface area contributed by atoms with E-state index in [4.69, 9.17) is 14.2 Å². The van der Waals surface area contributed by atoms with Gasteiger partial charge in [0.15, 0.2) is 6.10 Å². The van der Waals surface area contributed by atoms with Crippen LogP contribution >= 0.6 is 0 Å². The molecule has 0 N–H and O–H groups in total. The molecule has 1 atom stereocenters. The molecule has 6 heteroatoms. The molecule has 67 heavy (non-hydrogen) atoms. The summed E-state index contributed by atoms with van der Waals surface area (Å²) in [5.41, 5.74) is 0. The largest absolute Gasteiger partial charge is 0.462 e. The molecular weight excluding hydrogens is 829 g/mol. The minimum absolute atomic E-state index is 0.121. The maximum atomic E-state index is 12.8. The van der Waals surface area contributed by atoms with Gasteiger partial charge in [-0.3, -0.25) is 14.4 Å². The van der Waals surface area contributed by atoms with Gasteiger partial charge in [-0.2, -0.15) is 0 Å². The van der Waals surface area contributed by atoms with E-state index >= 15 is 0 Å². The topological polar surface area (TPSA) is 78.9 Å². The summed E-state index contributed by atoms with van der Waals surface area (Å²) in [5, 5.41) is 0. The van der Waals surface area contributed by atoms with Crippen molar-refractivity contribution < 1.29 is 28.6 Å². The lowest BCUT2D eigenvalue weighted by Gasteiger charge is -2.18. The molecule has 0 bridgehead atoms. The summed E-state index contributed by atoms with van der Waals surface area (Å²) in [5.74, 6) is -1.04. The molecule has 0 fully saturated rings. The van der Waals surface area contributed by atoms with Crippen LogP contribution < -0.4 is 0 Å². The fraction of sp³-hybridized carbons (Fsp3) is 0.623. The highest BCUT2D eigenvalue weighted by Crippen LogP contribution is 2.13. The first-order valence-electron chi connectivity index (χ1n) is 27.1. The highest BCUT2D eigenvalue weighted by atomic mass is 16.6. The van der Waals surface area contributed by atoms with Crippen molar-refractivity contribution in [2.45, 2.75) is 232 Å². The summed E-state index contributed by atoms with van der Waals surface area (Å²) in [6.07, 6.45) is 74.7. The summed E-state index contributed by atoms with van der Waals surface area (Å²) < 4.78 is 16.7. The fourth-order valence-electron chi connectivity index (χ4n) is 6.97. The van der Waals surface area contributed by atoms with Crippen LogP contribution in [0.1, 0.15) is 226 Å². The van der Waals surface area contributed by atoms with Gasteiger partial charge in [-0.1, -0.05) is 226 Å². The number of allylic oxidation sites excluding steroid dienone is 20. The molecule has 0 heterocycles. The zero-order valence-corrected chi connectivity index (χ0v) is 43.1. The monoisotopic (exact) mass is 927 g/mol. The Bertz CT molecular complexity index is 1440. The Kier molecular flexibility index (Phi) is 51.0.